The summed E-state index contributed by atoms with van der Waals surface area (Å²) in [6, 6.07) is 7.09. The highest BCUT2D eigenvalue weighted by molar-refractivity contribution is 9.10. The van der Waals surface area contributed by atoms with Crippen molar-refractivity contribution in [2.24, 2.45) is 0 Å². The van der Waals surface area contributed by atoms with Gasteiger partial charge in [-0.1, -0.05) is 15.9 Å². The van der Waals surface area contributed by atoms with Gasteiger partial charge < -0.3 is 0 Å². The van der Waals surface area contributed by atoms with Crippen LogP contribution in [0.4, 0.5) is 4.39 Å². The van der Waals surface area contributed by atoms with Gasteiger partial charge in [-0.25, -0.2) is 8.60 Å². The van der Waals surface area contributed by atoms with Gasteiger partial charge in [-0.05, 0) is 37.1 Å². The van der Waals surface area contributed by atoms with Crippen LogP contribution >= 0.6 is 15.9 Å². The summed E-state index contributed by atoms with van der Waals surface area (Å²) < 4.78 is 30.9. The van der Waals surface area contributed by atoms with Crippen LogP contribution in [-0.2, 0) is 15.3 Å². The van der Waals surface area contributed by atoms with E-state index >= 15 is 0 Å². The molecule has 2 nitrogen and oxygen atoms in total. The molecule has 1 aromatic rings. The molecule has 0 bridgehead atoms. The average Bonchev–Trinajstić information content (AvgIpc) is 2.65. The first-order valence-electron chi connectivity index (χ1n) is 5.13. The molecule has 3 atom stereocenters. The van der Waals surface area contributed by atoms with Gasteiger partial charge in [0, 0.05) is 10.9 Å². The van der Waals surface area contributed by atoms with Crippen LogP contribution in [0.25, 0.3) is 0 Å². The van der Waals surface area contributed by atoms with E-state index < -0.39 is 17.3 Å². The Morgan fingerprint density at radius 1 is 1.31 bits per heavy atom. The molecule has 5 heteroatoms. The topological polar surface area (TPSA) is 26.3 Å². The highest BCUT2D eigenvalue weighted by atomic mass is 79.9. The van der Waals surface area contributed by atoms with Crippen molar-refractivity contribution in [2.45, 2.75) is 36.4 Å². The molecule has 1 fully saturated rings. The lowest BCUT2D eigenvalue weighted by Gasteiger charge is -2.09. The minimum atomic E-state index is -1.48. The molecule has 0 saturated heterocycles. The van der Waals surface area contributed by atoms with Crippen LogP contribution in [-0.4, -0.2) is 16.5 Å². The van der Waals surface area contributed by atoms with Crippen LogP contribution in [0.15, 0.2) is 33.6 Å². The first kappa shape index (κ1) is 12.2. The molecule has 0 aromatic heterocycles. The van der Waals surface area contributed by atoms with Gasteiger partial charge in [-0.2, -0.15) is 0 Å². The van der Waals surface area contributed by atoms with Gasteiger partial charge in [0.1, 0.15) is 6.17 Å². The molecule has 0 heterocycles. The molecular formula is C11H12BrFO2S. The van der Waals surface area contributed by atoms with E-state index in [1.807, 2.05) is 12.1 Å². The maximum Gasteiger partial charge on any atom is 0.189 e. The van der Waals surface area contributed by atoms with Crippen LogP contribution in [0.3, 0.4) is 0 Å². The fourth-order valence-corrected chi connectivity index (χ4v) is 2.86. The monoisotopic (exact) mass is 306 g/mol. The van der Waals surface area contributed by atoms with Crippen molar-refractivity contribution >= 4 is 27.0 Å². The summed E-state index contributed by atoms with van der Waals surface area (Å²) in [7, 11) is 0. The molecule has 0 spiro atoms. The normalized spacial score (nSPS) is 26.9. The molecule has 16 heavy (non-hydrogen) atoms. The minimum absolute atomic E-state index is 0.209. The van der Waals surface area contributed by atoms with Crippen molar-refractivity contribution < 1.29 is 12.8 Å². The molecule has 1 aromatic carbocycles. The lowest BCUT2D eigenvalue weighted by Crippen LogP contribution is -2.11. The van der Waals surface area contributed by atoms with Gasteiger partial charge in [-0.15, -0.1) is 0 Å². The molecule has 0 amide bonds. The molecule has 2 rings (SSSR count). The zero-order valence-corrected chi connectivity index (χ0v) is 11.0. The lowest BCUT2D eigenvalue weighted by atomic mass is 10.3. The second-order valence-electron chi connectivity index (χ2n) is 3.82. The highest BCUT2D eigenvalue weighted by Gasteiger charge is 2.26. The van der Waals surface area contributed by atoms with Gasteiger partial charge in [-0.3, -0.25) is 4.18 Å². The summed E-state index contributed by atoms with van der Waals surface area (Å²) >= 11 is 1.82. The molecule has 1 aliphatic carbocycles. The van der Waals surface area contributed by atoms with E-state index in [1.54, 1.807) is 12.1 Å². The first-order chi connectivity index (χ1) is 7.65. The zero-order chi connectivity index (χ0) is 11.5. The van der Waals surface area contributed by atoms with Crippen molar-refractivity contribution in [3.05, 3.63) is 28.7 Å². The predicted octanol–water partition coefficient (Wildman–Crippen LogP) is 3.38. The summed E-state index contributed by atoms with van der Waals surface area (Å²) in [6.07, 6.45) is 0.528. The Labute approximate surface area is 105 Å². The molecule has 1 saturated carbocycles. The highest BCUT2D eigenvalue weighted by Crippen LogP contribution is 2.26. The second-order valence-corrected chi connectivity index (χ2v) is 5.87. The van der Waals surface area contributed by atoms with E-state index in [1.165, 1.54) is 0 Å². The van der Waals surface area contributed by atoms with E-state index in [4.69, 9.17) is 4.18 Å². The molecule has 0 N–H and O–H groups in total. The molecule has 3 unspecified atom stereocenters. The predicted molar refractivity (Wildman–Crippen MR) is 64.2 cm³/mol. The van der Waals surface area contributed by atoms with Gasteiger partial charge in [0.25, 0.3) is 0 Å². The number of rotatable bonds is 3. The van der Waals surface area contributed by atoms with Crippen LogP contribution < -0.4 is 0 Å². The standard InChI is InChI=1S/C11H12BrFO2S/c12-8-1-5-11(6-2-8)16(14)15-10-4-3-9(13)7-10/h1-2,5-6,9-10H,3-4,7H2. The lowest BCUT2D eigenvalue weighted by molar-refractivity contribution is 0.218. The number of benzene rings is 1. The molecule has 0 aliphatic heterocycles. The molecule has 0 radical (unpaired) electrons. The van der Waals surface area contributed by atoms with E-state index in [-0.39, 0.29) is 6.10 Å². The quantitative estimate of drug-likeness (QED) is 0.856. The van der Waals surface area contributed by atoms with E-state index in [9.17, 15) is 8.60 Å². The van der Waals surface area contributed by atoms with Crippen LogP contribution in [0.5, 0.6) is 0 Å². The number of hydrogen-bond acceptors (Lipinski definition) is 2. The van der Waals surface area contributed by atoms with Crippen molar-refractivity contribution in [2.75, 3.05) is 0 Å². The summed E-state index contributed by atoms with van der Waals surface area (Å²) in [5, 5.41) is 0. The zero-order valence-electron chi connectivity index (χ0n) is 8.57. The van der Waals surface area contributed by atoms with Crippen molar-refractivity contribution in [3.8, 4) is 0 Å². The Morgan fingerprint density at radius 3 is 2.56 bits per heavy atom. The summed E-state index contributed by atoms with van der Waals surface area (Å²) in [6.45, 7) is 0. The Hall–Kier alpha value is -0.260. The molecule has 88 valence electrons. The maximum absolute atomic E-state index is 12.9. The third-order valence-corrected chi connectivity index (χ3v) is 4.18. The Kier molecular flexibility index (Phi) is 4.10. The van der Waals surface area contributed by atoms with E-state index in [0.717, 1.165) is 4.47 Å². The average molecular weight is 307 g/mol. The fourth-order valence-electron chi connectivity index (χ4n) is 1.70. The van der Waals surface area contributed by atoms with Crippen molar-refractivity contribution in [3.63, 3.8) is 0 Å². The van der Waals surface area contributed by atoms with Crippen LogP contribution in [0.1, 0.15) is 19.3 Å². The smallest absolute Gasteiger partial charge is 0.189 e. The van der Waals surface area contributed by atoms with Crippen molar-refractivity contribution in [1.82, 2.24) is 0 Å². The molecule has 1 aliphatic rings. The number of alkyl halides is 1. The third kappa shape index (κ3) is 3.12. The van der Waals surface area contributed by atoms with Crippen molar-refractivity contribution in [1.29, 1.82) is 0 Å². The largest absolute Gasteiger partial charge is 0.283 e. The Morgan fingerprint density at radius 2 is 2.00 bits per heavy atom. The van der Waals surface area contributed by atoms with E-state index in [0.29, 0.717) is 24.2 Å². The SMILES string of the molecule is O=S(OC1CCC(F)C1)c1ccc(Br)cc1. The van der Waals surface area contributed by atoms with Gasteiger partial charge in [0.2, 0.25) is 0 Å². The van der Waals surface area contributed by atoms with Gasteiger partial charge >= 0.3 is 0 Å². The summed E-state index contributed by atoms with van der Waals surface area (Å²) in [4.78, 5) is 0.616. The maximum atomic E-state index is 12.9. The molecular weight excluding hydrogens is 295 g/mol. The third-order valence-electron chi connectivity index (χ3n) is 2.55. The summed E-state index contributed by atoms with van der Waals surface area (Å²) in [5.41, 5.74) is 0. The number of halogens is 2. The Balaban J connectivity index is 1.95. The van der Waals surface area contributed by atoms with Gasteiger partial charge in [0.15, 0.2) is 11.1 Å². The Bertz CT molecular complexity index is 382. The van der Waals surface area contributed by atoms with Crippen LogP contribution in [0.2, 0.25) is 0 Å². The number of hydrogen-bond donors (Lipinski definition) is 0. The first-order valence-corrected chi connectivity index (χ1v) is 7.00. The fraction of sp³-hybridized carbons (Fsp3) is 0.455. The second kappa shape index (κ2) is 5.38. The van der Waals surface area contributed by atoms with E-state index in [2.05, 4.69) is 15.9 Å². The van der Waals surface area contributed by atoms with Crippen LogP contribution in [0, 0.1) is 0 Å². The summed E-state index contributed by atoms with van der Waals surface area (Å²) in [5.74, 6) is 0. The minimum Gasteiger partial charge on any atom is -0.283 e. The van der Waals surface area contributed by atoms with Gasteiger partial charge in [0.05, 0.1) is 11.0 Å².